The number of nitrogens with zero attached hydrogens (tertiary/aromatic N) is 2. The van der Waals surface area contributed by atoms with Crippen molar-refractivity contribution < 1.29 is 14.4 Å². The lowest BCUT2D eigenvalue weighted by Crippen LogP contribution is -2.54. The standard InChI is InChI=1S/C25H21Cl2N3O3/c1-13-6-8-19(12-21(13)27)30-24(32)20(23(31)28-25(30)33)10-17-9-15(3)29(16(17)4)22-11-18(26)7-5-14(22)2/h5-12H,1-4H3,(H,28,31,33)/b20-10-. The number of imide groups is 2. The molecule has 8 heteroatoms. The summed E-state index contributed by atoms with van der Waals surface area (Å²) in [5.41, 5.74) is 5.30. The molecule has 3 aromatic rings. The number of carbonyl (C=O) groups is 3. The third-order valence-electron chi connectivity index (χ3n) is 5.70. The quantitative estimate of drug-likeness (QED) is 0.386. The molecule has 0 radical (unpaired) electrons. The maximum atomic E-state index is 13.2. The van der Waals surface area contributed by atoms with Crippen molar-refractivity contribution in [1.29, 1.82) is 0 Å². The Labute approximate surface area is 201 Å². The fourth-order valence-corrected chi connectivity index (χ4v) is 4.24. The second kappa shape index (κ2) is 8.54. The van der Waals surface area contributed by atoms with E-state index in [0.717, 1.165) is 33.1 Å². The number of hydrogen-bond acceptors (Lipinski definition) is 3. The molecule has 0 bridgehead atoms. The molecule has 33 heavy (non-hydrogen) atoms. The third kappa shape index (κ3) is 4.08. The predicted octanol–water partition coefficient (Wildman–Crippen LogP) is 5.68. The van der Waals surface area contributed by atoms with Gasteiger partial charge in [0.1, 0.15) is 5.57 Å². The minimum absolute atomic E-state index is 0.144. The number of rotatable bonds is 3. The number of aryl methyl sites for hydroxylation is 3. The van der Waals surface area contributed by atoms with Crippen LogP contribution >= 0.6 is 23.2 Å². The minimum atomic E-state index is -0.818. The summed E-state index contributed by atoms with van der Waals surface area (Å²) >= 11 is 12.4. The lowest BCUT2D eigenvalue weighted by molar-refractivity contribution is -0.122. The summed E-state index contributed by atoms with van der Waals surface area (Å²) in [5, 5.41) is 3.26. The molecule has 1 aliphatic rings. The van der Waals surface area contributed by atoms with Crippen LogP contribution in [0.2, 0.25) is 10.0 Å². The molecule has 4 amide bonds. The Bertz CT molecular complexity index is 1370. The van der Waals surface area contributed by atoms with Gasteiger partial charge in [-0.15, -0.1) is 0 Å². The van der Waals surface area contributed by atoms with Gasteiger partial charge in [0.05, 0.1) is 5.69 Å². The van der Waals surface area contributed by atoms with Crippen molar-refractivity contribution >= 4 is 52.8 Å². The minimum Gasteiger partial charge on any atom is -0.318 e. The smallest absolute Gasteiger partial charge is 0.318 e. The molecule has 0 spiro atoms. The number of anilines is 1. The largest absolute Gasteiger partial charge is 0.335 e. The Hall–Kier alpha value is -3.35. The van der Waals surface area contributed by atoms with Crippen molar-refractivity contribution in [3.8, 4) is 5.69 Å². The number of barbiturate groups is 1. The van der Waals surface area contributed by atoms with Gasteiger partial charge in [-0.1, -0.05) is 35.3 Å². The molecule has 6 nitrogen and oxygen atoms in total. The van der Waals surface area contributed by atoms with E-state index in [1.54, 1.807) is 12.1 Å². The highest BCUT2D eigenvalue weighted by atomic mass is 35.5. The molecule has 0 saturated carbocycles. The first-order chi connectivity index (χ1) is 15.6. The maximum Gasteiger partial charge on any atom is 0.335 e. The summed E-state index contributed by atoms with van der Waals surface area (Å²) in [6.45, 7) is 7.63. The van der Waals surface area contributed by atoms with Crippen molar-refractivity contribution in [1.82, 2.24) is 9.88 Å². The van der Waals surface area contributed by atoms with Crippen molar-refractivity contribution in [2.75, 3.05) is 4.90 Å². The number of halogens is 2. The van der Waals surface area contributed by atoms with E-state index in [-0.39, 0.29) is 11.3 Å². The SMILES string of the molecule is Cc1ccc(N2C(=O)NC(=O)/C(=C/c3cc(C)n(-c4cc(Cl)ccc4C)c3C)C2=O)cc1Cl. The zero-order chi connectivity index (χ0) is 24.0. The van der Waals surface area contributed by atoms with Crippen LogP contribution in [-0.2, 0) is 9.59 Å². The molecule has 1 N–H and O–H groups in total. The Balaban J connectivity index is 1.79. The monoisotopic (exact) mass is 481 g/mol. The molecule has 0 atom stereocenters. The first-order valence-corrected chi connectivity index (χ1v) is 11.0. The van der Waals surface area contributed by atoms with Gasteiger partial charge in [-0.3, -0.25) is 14.9 Å². The Morgan fingerprint density at radius 2 is 1.58 bits per heavy atom. The zero-order valence-corrected chi connectivity index (χ0v) is 20.0. The number of aromatic nitrogens is 1. The number of amides is 4. The van der Waals surface area contributed by atoms with E-state index in [4.69, 9.17) is 23.2 Å². The Kier molecular flexibility index (Phi) is 5.91. The number of benzene rings is 2. The van der Waals surface area contributed by atoms with Gasteiger partial charge < -0.3 is 4.57 Å². The molecule has 2 heterocycles. The second-order valence-corrected chi connectivity index (χ2v) is 8.83. The van der Waals surface area contributed by atoms with E-state index >= 15 is 0 Å². The highest BCUT2D eigenvalue weighted by Crippen LogP contribution is 2.29. The van der Waals surface area contributed by atoms with E-state index in [1.165, 1.54) is 12.1 Å². The van der Waals surface area contributed by atoms with Crippen LogP contribution in [0, 0.1) is 27.7 Å². The zero-order valence-electron chi connectivity index (χ0n) is 18.5. The van der Waals surface area contributed by atoms with Gasteiger partial charge in [0.15, 0.2) is 0 Å². The van der Waals surface area contributed by atoms with Gasteiger partial charge in [-0.2, -0.15) is 0 Å². The molecule has 2 aromatic carbocycles. The highest BCUT2D eigenvalue weighted by Gasteiger charge is 2.37. The van der Waals surface area contributed by atoms with Gasteiger partial charge in [0, 0.05) is 27.1 Å². The normalized spacial score (nSPS) is 15.4. The van der Waals surface area contributed by atoms with Crippen LogP contribution < -0.4 is 10.2 Å². The van der Waals surface area contributed by atoms with Crippen LogP contribution in [0.25, 0.3) is 11.8 Å². The summed E-state index contributed by atoms with van der Waals surface area (Å²) in [5.74, 6) is -1.46. The van der Waals surface area contributed by atoms with Crippen LogP contribution in [0.3, 0.4) is 0 Å². The average Bonchev–Trinajstić information content (AvgIpc) is 3.02. The third-order valence-corrected chi connectivity index (χ3v) is 6.34. The first kappa shape index (κ1) is 22.8. The Morgan fingerprint density at radius 1 is 0.879 bits per heavy atom. The molecule has 168 valence electrons. The average molecular weight is 482 g/mol. The van der Waals surface area contributed by atoms with Crippen molar-refractivity contribution in [3.05, 3.63) is 86.2 Å². The van der Waals surface area contributed by atoms with Crippen molar-refractivity contribution in [2.45, 2.75) is 27.7 Å². The summed E-state index contributed by atoms with van der Waals surface area (Å²) in [6.07, 6.45) is 1.51. The van der Waals surface area contributed by atoms with Gasteiger partial charge in [0.2, 0.25) is 0 Å². The predicted molar refractivity (Wildman–Crippen MR) is 130 cm³/mol. The first-order valence-electron chi connectivity index (χ1n) is 10.2. The fourth-order valence-electron chi connectivity index (χ4n) is 3.90. The van der Waals surface area contributed by atoms with E-state index in [0.29, 0.717) is 15.6 Å². The number of carbonyl (C=O) groups excluding carboxylic acids is 3. The topological polar surface area (TPSA) is 71.4 Å². The van der Waals surface area contributed by atoms with Crippen LogP contribution in [0.5, 0.6) is 0 Å². The summed E-state index contributed by atoms with van der Waals surface area (Å²) in [7, 11) is 0. The van der Waals surface area contributed by atoms with Gasteiger partial charge in [-0.05, 0) is 80.8 Å². The summed E-state index contributed by atoms with van der Waals surface area (Å²) in [6, 6.07) is 11.5. The van der Waals surface area contributed by atoms with E-state index in [2.05, 4.69) is 5.32 Å². The van der Waals surface area contributed by atoms with E-state index in [1.807, 2.05) is 56.5 Å². The Morgan fingerprint density at radius 3 is 2.27 bits per heavy atom. The molecule has 1 saturated heterocycles. The molecule has 1 fully saturated rings. The lowest BCUT2D eigenvalue weighted by atomic mass is 10.1. The second-order valence-electron chi connectivity index (χ2n) is 7.98. The number of hydrogen-bond donors (Lipinski definition) is 1. The van der Waals surface area contributed by atoms with E-state index < -0.39 is 17.8 Å². The summed E-state index contributed by atoms with van der Waals surface area (Å²) < 4.78 is 2.02. The van der Waals surface area contributed by atoms with Crippen molar-refractivity contribution in [2.24, 2.45) is 0 Å². The molecule has 1 aromatic heterocycles. The molecule has 0 aliphatic carbocycles. The fraction of sp³-hybridized carbons (Fsp3) is 0.160. The molecule has 1 aliphatic heterocycles. The number of urea groups is 1. The molecular weight excluding hydrogens is 461 g/mol. The van der Waals surface area contributed by atoms with Crippen LogP contribution in [0.1, 0.15) is 28.1 Å². The molecular formula is C25H21Cl2N3O3. The molecule has 4 rings (SSSR count). The highest BCUT2D eigenvalue weighted by molar-refractivity contribution is 6.39. The van der Waals surface area contributed by atoms with Crippen LogP contribution in [0.4, 0.5) is 10.5 Å². The summed E-state index contributed by atoms with van der Waals surface area (Å²) in [4.78, 5) is 39.2. The van der Waals surface area contributed by atoms with Gasteiger partial charge in [0.25, 0.3) is 11.8 Å². The van der Waals surface area contributed by atoms with Crippen molar-refractivity contribution in [3.63, 3.8) is 0 Å². The van der Waals surface area contributed by atoms with Crippen LogP contribution in [0.15, 0.2) is 48.0 Å². The van der Waals surface area contributed by atoms with Gasteiger partial charge in [-0.25, -0.2) is 9.69 Å². The molecule has 0 unspecified atom stereocenters. The van der Waals surface area contributed by atoms with Gasteiger partial charge >= 0.3 is 6.03 Å². The maximum absolute atomic E-state index is 13.2. The van der Waals surface area contributed by atoms with Crippen LogP contribution in [-0.4, -0.2) is 22.4 Å². The van der Waals surface area contributed by atoms with E-state index in [9.17, 15) is 14.4 Å². The number of nitrogens with one attached hydrogen (secondary N) is 1. The lowest BCUT2D eigenvalue weighted by Gasteiger charge is -2.26.